The first-order valence-electron chi connectivity index (χ1n) is 4.97. The SMILES string of the molecule is COC=C(C(=O)OC)C(C(F)F)=[N+](C)C.F[B-](F)(F)F. The van der Waals surface area contributed by atoms with Gasteiger partial charge in [-0.3, -0.25) is 0 Å². The van der Waals surface area contributed by atoms with Crippen LogP contribution in [-0.4, -0.2) is 58.3 Å². The summed E-state index contributed by atoms with van der Waals surface area (Å²) in [5, 5.41) is 0. The molecule has 0 aliphatic rings. The average Bonchev–Trinajstić information content (AvgIpc) is 2.24. The van der Waals surface area contributed by atoms with Gasteiger partial charge in [0.05, 0.1) is 14.2 Å². The first kappa shape index (κ1) is 20.6. The van der Waals surface area contributed by atoms with Gasteiger partial charge in [-0.15, -0.1) is 0 Å². The Morgan fingerprint density at radius 1 is 1.15 bits per heavy atom. The number of esters is 1. The molecule has 20 heavy (non-hydrogen) atoms. The molecule has 0 aliphatic carbocycles. The third kappa shape index (κ3) is 10.3. The molecule has 0 bridgehead atoms. The van der Waals surface area contributed by atoms with Crippen LogP contribution < -0.4 is 0 Å². The highest BCUT2D eigenvalue weighted by molar-refractivity contribution is 6.50. The van der Waals surface area contributed by atoms with E-state index >= 15 is 0 Å². The molecule has 0 atom stereocenters. The maximum atomic E-state index is 12.6. The number of methoxy groups -OCH3 is 2. The molecule has 0 aromatic rings. The lowest BCUT2D eigenvalue weighted by Gasteiger charge is -2.05. The van der Waals surface area contributed by atoms with Crippen LogP contribution in [0.15, 0.2) is 11.8 Å². The lowest BCUT2D eigenvalue weighted by molar-refractivity contribution is -0.467. The molecule has 0 rings (SSSR count). The summed E-state index contributed by atoms with van der Waals surface area (Å²) in [5.41, 5.74) is -0.733. The molecular formula is C9H14BF6NO3. The van der Waals surface area contributed by atoms with Crippen molar-refractivity contribution >= 4 is 18.9 Å². The van der Waals surface area contributed by atoms with Crippen molar-refractivity contribution in [2.24, 2.45) is 0 Å². The summed E-state index contributed by atoms with van der Waals surface area (Å²) in [5.74, 6) is -0.860. The molecule has 0 aliphatic heterocycles. The largest absolute Gasteiger partial charge is 0.673 e. The molecule has 0 aromatic carbocycles. The van der Waals surface area contributed by atoms with E-state index in [1.54, 1.807) is 0 Å². The molecule has 0 spiro atoms. The number of carbonyl (C=O) groups is 1. The minimum absolute atomic E-state index is 0.292. The predicted octanol–water partition coefficient (Wildman–Crippen LogP) is 1.97. The van der Waals surface area contributed by atoms with Gasteiger partial charge in [0.25, 0.3) is 5.71 Å². The molecular weight excluding hydrogens is 295 g/mol. The van der Waals surface area contributed by atoms with Crippen molar-refractivity contribution in [2.75, 3.05) is 28.3 Å². The molecule has 0 N–H and O–H groups in total. The van der Waals surface area contributed by atoms with E-state index in [0.717, 1.165) is 17.9 Å². The molecule has 0 amide bonds. The average molecular weight is 309 g/mol. The normalized spacial score (nSPS) is 11.4. The van der Waals surface area contributed by atoms with E-state index in [1.807, 2.05) is 0 Å². The Labute approximate surface area is 111 Å². The predicted molar refractivity (Wildman–Crippen MR) is 60.4 cm³/mol. The van der Waals surface area contributed by atoms with Crippen molar-refractivity contribution in [3.8, 4) is 0 Å². The number of carbonyl (C=O) groups excluding carboxylic acids is 1. The van der Waals surface area contributed by atoms with Gasteiger partial charge in [-0.1, -0.05) is 0 Å². The molecule has 4 nitrogen and oxygen atoms in total. The number of alkyl halides is 2. The summed E-state index contributed by atoms with van der Waals surface area (Å²) < 4.78 is 74.4. The lowest BCUT2D eigenvalue weighted by atomic mass is 10.2. The van der Waals surface area contributed by atoms with Gasteiger partial charge in [0.15, 0.2) is 5.57 Å². The van der Waals surface area contributed by atoms with Gasteiger partial charge >= 0.3 is 19.6 Å². The number of rotatable bonds is 4. The first-order valence-corrected chi connectivity index (χ1v) is 4.97. The minimum atomic E-state index is -6.00. The van der Waals surface area contributed by atoms with Crippen LogP contribution in [0.1, 0.15) is 0 Å². The topological polar surface area (TPSA) is 38.5 Å². The van der Waals surface area contributed by atoms with E-state index in [-0.39, 0.29) is 5.57 Å². The summed E-state index contributed by atoms with van der Waals surface area (Å²) in [6, 6.07) is 0. The summed E-state index contributed by atoms with van der Waals surface area (Å²) in [6.07, 6.45) is -1.84. The Morgan fingerprint density at radius 3 is 1.75 bits per heavy atom. The van der Waals surface area contributed by atoms with E-state index in [9.17, 15) is 30.8 Å². The van der Waals surface area contributed by atoms with Crippen molar-refractivity contribution < 1.29 is 44.9 Å². The zero-order chi connectivity index (χ0) is 16.5. The van der Waals surface area contributed by atoms with Crippen LogP contribution in [0.5, 0.6) is 0 Å². The van der Waals surface area contributed by atoms with Gasteiger partial charge in [0, 0.05) is 0 Å². The zero-order valence-electron chi connectivity index (χ0n) is 11.2. The lowest BCUT2D eigenvalue weighted by Crippen LogP contribution is -2.28. The second-order valence-electron chi connectivity index (χ2n) is 3.33. The molecule has 118 valence electrons. The Balaban J connectivity index is 0. The summed E-state index contributed by atoms with van der Waals surface area (Å²) in [7, 11) is -0.797. The molecule has 11 heteroatoms. The van der Waals surface area contributed by atoms with Gasteiger partial charge < -0.3 is 26.7 Å². The number of halogens is 6. The van der Waals surface area contributed by atoms with Crippen molar-refractivity contribution in [2.45, 2.75) is 6.43 Å². The van der Waals surface area contributed by atoms with Crippen LogP contribution >= 0.6 is 0 Å². The summed E-state index contributed by atoms with van der Waals surface area (Å²) in [4.78, 5) is 11.2. The molecule has 0 radical (unpaired) electrons. The highest BCUT2D eigenvalue weighted by Gasteiger charge is 2.32. The van der Waals surface area contributed by atoms with E-state index in [4.69, 9.17) is 0 Å². The fourth-order valence-corrected chi connectivity index (χ4v) is 0.994. The number of nitrogens with zero attached hydrogens (tertiary/aromatic N) is 1. The maximum absolute atomic E-state index is 12.6. The Morgan fingerprint density at radius 2 is 1.55 bits per heavy atom. The van der Waals surface area contributed by atoms with Gasteiger partial charge in [0.1, 0.15) is 20.4 Å². The van der Waals surface area contributed by atoms with Crippen LogP contribution in [0.3, 0.4) is 0 Å². The van der Waals surface area contributed by atoms with Crippen molar-refractivity contribution in [1.82, 2.24) is 0 Å². The summed E-state index contributed by atoms with van der Waals surface area (Å²) >= 11 is 0. The van der Waals surface area contributed by atoms with Gasteiger partial charge in [-0.25, -0.2) is 9.37 Å². The third-order valence-electron chi connectivity index (χ3n) is 1.61. The second kappa shape index (κ2) is 9.26. The zero-order valence-corrected chi connectivity index (χ0v) is 11.2. The molecule has 0 heterocycles. The molecule has 0 unspecified atom stereocenters. The fraction of sp³-hybridized carbons (Fsp3) is 0.556. The molecule has 0 fully saturated rings. The Hall–Kier alpha value is -1.68. The highest BCUT2D eigenvalue weighted by Crippen LogP contribution is 2.09. The second-order valence-corrected chi connectivity index (χ2v) is 3.33. The van der Waals surface area contributed by atoms with Gasteiger partial charge in [-0.05, 0) is 0 Å². The standard InChI is InChI=1S/C9H14F2NO3.BF4/c1-12(2)7(8(10)11)6(5-14-3)9(13)15-4;2-1(3,4)5/h5,8H,1-4H3;/q+1;-1. The van der Waals surface area contributed by atoms with Crippen LogP contribution in [0.2, 0.25) is 0 Å². The highest BCUT2D eigenvalue weighted by atomic mass is 19.5. The van der Waals surface area contributed by atoms with Crippen LogP contribution in [0, 0.1) is 0 Å². The van der Waals surface area contributed by atoms with E-state index in [1.165, 1.54) is 21.2 Å². The molecule has 0 saturated carbocycles. The molecule has 0 aromatic heterocycles. The van der Waals surface area contributed by atoms with E-state index in [0.29, 0.717) is 0 Å². The Bertz CT molecular complexity index is 370. The fourth-order valence-electron chi connectivity index (χ4n) is 0.994. The van der Waals surface area contributed by atoms with Crippen molar-refractivity contribution in [3.05, 3.63) is 11.8 Å². The smallest absolute Gasteiger partial charge is 0.503 e. The first-order chi connectivity index (χ1) is 8.95. The number of ether oxygens (including phenoxy) is 2. The quantitative estimate of drug-likeness (QED) is 0.152. The van der Waals surface area contributed by atoms with E-state index < -0.39 is 25.4 Å². The van der Waals surface area contributed by atoms with Crippen LogP contribution in [-0.2, 0) is 14.3 Å². The van der Waals surface area contributed by atoms with Crippen molar-refractivity contribution in [1.29, 1.82) is 0 Å². The van der Waals surface area contributed by atoms with Crippen LogP contribution in [0.4, 0.5) is 26.0 Å². The Kier molecular flexibility index (Phi) is 9.56. The maximum Gasteiger partial charge on any atom is 0.673 e. The third-order valence-corrected chi connectivity index (χ3v) is 1.61. The summed E-state index contributed by atoms with van der Waals surface area (Å²) in [6.45, 7) is 0. The number of hydrogen-bond acceptors (Lipinski definition) is 3. The van der Waals surface area contributed by atoms with E-state index in [2.05, 4.69) is 9.47 Å². The number of hydrogen-bond donors (Lipinski definition) is 0. The minimum Gasteiger partial charge on any atom is -0.503 e. The van der Waals surface area contributed by atoms with Crippen molar-refractivity contribution in [3.63, 3.8) is 0 Å². The molecule has 0 saturated heterocycles. The van der Waals surface area contributed by atoms with Gasteiger partial charge in [-0.2, -0.15) is 8.78 Å². The van der Waals surface area contributed by atoms with Crippen LogP contribution in [0.25, 0.3) is 0 Å². The monoisotopic (exact) mass is 309 g/mol. The van der Waals surface area contributed by atoms with Gasteiger partial charge in [0.2, 0.25) is 0 Å².